The van der Waals surface area contributed by atoms with Crippen LogP contribution in [0.2, 0.25) is 0 Å². The van der Waals surface area contributed by atoms with E-state index in [0.29, 0.717) is 17.8 Å². The standard InChI is InChI=1S/C12H19N3O/c1-9(2)8-15-7-6-13-11(12(15)16)14-10-4-3-5-10/h6-7,9-10H,3-5,8H2,1-2H3,(H,13,14). The van der Waals surface area contributed by atoms with Crippen LogP contribution >= 0.6 is 0 Å². The highest BCUT2D eigenvalue weighted by Gasteiger charge is 2.19. The van der Waals surface area contributed by atoms with E-state index in [1.54, 1.807) is 17.0 Å². The van der Waals surface area contributed by atoms with Crippen molar-refractivity contribution in [3.05, 3.63) is 22.7 Å². The Balaban J connectivity index is 2.15. The summed E-state index contributed by atoms with van der Waals surface area (Å²) in [5.41, 5.74) is 0.00287. The van der Waals surface area contributed by atoms with Gasteiger partial charge in [-0.3, -0.25) is 4.79 Å². The average Bonchev–Trinajstić information content (AvgIpc) is 2.16. The predicted molar refractivity (Wildman–Crippen MR) is 64.6 cm³/mol. The van der Waals surface area contributed by atoms with Crippen LogP contribution in [0.25, 0.3) is 0 Å². The van der Waals surface area contributed by atoms with Crippen LogP contribution in [0.4, 0.5) is 5.82 Å². The second kappa shape index (κ2) is 4.68. The van der Waals surface area contributed by atoms with Gasteiger partial charge in [0.05, 0.1) is 0 Å². The minimum absolute atomic E-state index is 0.00287. The molecule has 88 valence electrons. The molecule has 1 heterocycles. The molecule has 0 saturated heterocycles. The molecule has 4 nitrogen and oxygen atoms in total. The van der Waals surface area contributed by atoms with Crippen molar-refractivity contribution in [1.82, 2.24) is 9.55 Å². The Hall–Kier alpha value is -1.32. The lowest BCUT2D eigenvalue weighted by molar-refractivity contribution is 0.442. The Morgan fingerprint density at radius 2 is 2.31 bits per heavy atom. The molecule has 0 amide bonds. The Bertz CT molecular complexity index is 407. The molecule has 1 N–H and O–H groups in total. The Morgan fingerprint density at radius 1 is 1.56 bits per heavy atom. The lowest BCUT2D eigenvalue weighted by Gasteiger charge is -2.26. The molecule has 0 unspecified atom stereocenters. The minimum Gasteiger partial charge on any atom is -0.363 e. The van der Waals surface area contributed by atoms with E-state index < -0.39 is 0 Å². The van der Waals surface area contributed by atoms with Gasteiger partial charge in [-0.2, -0.15) is 0 Å². The van der Waals surface area contributed by atoms with Gasteiger partial charge in [-0.1, -0.05) is 13.8 Å². The van der Waals surface area contributed by atoms with Crippen molar-refractivity contribution >= 4 is 5.82 Å². The van der Waals surface area contributed by atoms with Gasteiger partial charge in [0.1, 0.15) is 0 Å². The van der Waals surface area contributed by atoms with Crippen LogP contribution < -0.4 is 10.9 Å². The summed E-state index contributed by atoms with van der Waals surface area (Å²) in [6.07, 6.45) is 7.02. The quantitative estimate of drug-likeness (QED) is 0.844. The van der Waals surface area contributed by atoms with Gasteiger partial charge >= 0.3 is 0 Å². The number of anilines is 1. The van der Waals surface area contributed by atoms with E-state index in [1.807, 2.05) is 0 Å². The largest absolute Gasteiger partial charge is 0.363 e. The lowest BCUT2D eigenvalue weighted by atomic mass is 9.93. The Morgan fingerprint density at radius 3 is 2.88 bits per heavy atom. The van der Waals surface area contributed by atoms with Crippen LogP contribution in [-0.4, -0.2) is 15.6 Å². The minimum atomic E-state index is 0.00287. The fourth-order valence-corrected chi connectivity index (χ4v) is 1.83. The number of rotatable bonds is 4. The summed E-state index contributed by atoms with van der Waals surface area (Å²) in [6.45, 7) is 4.96. The second-order valence-corrected chi connectivity index (χ2v) is 4.90. The first-order chi connectivity index (χ1) is 7.66. The predicted octanol–water partition coefficient (Wildman–Crippen LogP) is 1.86. The lowest BCUT2D eigenvalue weighted by Crippen LogP contribution is -2.33. The fourth-order valence-electron chi connectivity index (χ4n) is 1.83. The van der Waals surface area contributed by atoms with Gasteiger partial charge in [0.15, 0.2) is 5.82 Å². The Labute approximate surface area is 95.7 Å². The van der Waals surface area contributed by atoms with E-state index in [4.69, 9.17) is 0 Å². The summed E-state index contributed by atoms with van der Waals surface area (Å²) >= 11 is 0. The molecule has 0 aliphatic heterocycles. The highest BCUT2D eigenvalue weighted by Crippen LogP contribution is 2.20. The zero-order chi connectivity index (χ0) is 11.5. The van der Waals surface area contributed by atoms with Crippen LogP contribution in [0.5, 0.6) is 0 Å². The smallest absolute Gasteiger partial charge is 0.293 e. The van der Waals surface area contributed by atoms with Gasteiger partial charge in [0.2, 0.25) is 0 Å². The summed E-state index contributed by atoms with van der Waals surface area (Å²) in [4.78, 5) is 16.1. The first kappa shape index (κ1) is 11.2. The van der Waals surface area contributed by atoms with Crippen molar-refractivity contribution < 1.29 is 0 Å². The SMILES string of the molecule is CC(C)Cn1ccnc(NC2CCC2)c1=O. The first-order valence-corrected chi connectivity index (χ1v) is 5.99. The monoisotopic (exact) mass is 221 g/mol. The third kappa shape index (κ3) is 2.43. The van der Waals surface area contributed by atoms with Crippen LogP contribution in [-0.2, 0) is 6.54 Å². The maximum absolute atomic E-state index is 12.0. The molecule has 1 fully saturated rings. The van der Waals surface area contributed by atoms with Crippen molar-refractivity contribution in [2.24, 2.45) is 5.92 Å². The molecule has 0 aromatic carbocycles. The molecule has 1 aromatic rings. The van der Waals surface area contributed by atoms with Gasteiger partial charge in [-0.05, 0) is 25.2 Å². The van der Waals surface area contributed by atoms with Crippen molar-refractivity contribution in [1.29, 1.82) is 0 Å². The molecule has 0 atom stereocenters. The van der Waals surface area contributed by atoms with Gasteiger partial charge in [-0.25, -0.2) is 4.98 Å². The summed E-state index contributed by atoms with van der Waals surface area (Å²) in [6, 6.07) is 0.454. The average molecular weight is 221 g/mol. The highest BCUT2D eigenvalue weighted by atomic mass is 16.1. The van der Waals surface area contributed by atoms with Crippen LogP contribution in [0.3, 0.4) is 0 Å². The third-order valence-electron chi connectivity index (χ3n) is 2.92. The zero-order valence-electron chi connectivity index (χ0n) is 9.94. The fraction of sp³-hybridized carbons (Fsp3) is 0.667. The van der Waals surface area contributed by atoms with Crippen LogP contribution in [0.15, 0.2) is 17.2 Å². The van der Waals surface area contributed by atoms with Gasteiger partial charge in [0, 0.05) is 25.0 Å². The summed E-state index contributed by atoms with van der Waals surface area (Å²) in [7, 11) is 0. The summed E-state index contributed by atoms with van der Waals surface area (Å²) in [5, 5.41) is 3.22. The van der Waals surface area contributed by atoms with E-state index in [-0.39, 0.29) is 5.56 Å². The van der Waals surface area contributed by atoms with E-state index in [1.165, 1.54) is 6.42 Å². The number of hydrogen-bond donors (Lipinski definition) is 1. The molecular formula is C12H19N3O. The van der Waals surface area contributed by atoms with Crippen LogP contribution in [0, 0.1) is 5.92 Å². The highest BCUT2D eigenvalue weighted by molar-refractivity contribution is 5.32. The number of aromatic nitrogens is 2. The van der Waals surface area contributed by atoms with E-state index in [9.17, 15) is 4.79 Å². The molecule has 0 radical (unpaired) electrons. The van der Waals surface area contributed by atoms with E-state index in [0.717, 1.165) is 19.4 Å². The number of hydrogen-bond acceptors (Lipinski definition) is 3. The van der Waals surface area contributed by atoms with Crippen molar-refractivity contribution in [2.45, 2.75) is 45.7 Å². The van der Waals surface area contributed by atoms with Crippen molar-refractivity contribution in [3.8, 4) is 0 Å². The summed E-state index contributed by atoms with van der Waals surface area (Å²) in [5.74, 6) is 0.976. The third-order valence-corrected chi connectivity index (χ3v) is 2.92. The van der Waals surface area contributed by atoms with E-state index >= 15 is 0 Å². The summed E-state index contributed by atoms with van der Waals surface area (Å²) < 4.78 is 1.73. The molecule has 1 aromatic heterocycles. The second-order valence-electron chi connectivity index (χ2n) is 4.90. The topological polar surface area (TPSA) is 46.9 Å². The molecule has 16 heavy (non-hydrogen) atoms. The van der Waals surface area contributed by atoms with Crippen molar-refractivity contribution in [3.63, 3.8) is 0 Å². The molecule has 1 saturated carbocycles. The Kier molecular flexibility index (Phi) is 3.27. The normalized spacial score (nSPS) is 16.2. The van der Waals surface area contributed by atoms with Crippen molar-refractivity contribution in [2.75, 3.05) is 5.32 Å². The molecule has 1 aliphatic rings. The van der Waals surface area contributed by atoms with Gasteiger partial charge in [-0.15, -0.1) is 0 Å². The van der Waals surface area contributed by atoms with E-state index in [2.05, 4.69) is 24.1 Å². The molecule has 2 rings (SSSR count). The van der Waals surface area contributed by atoms with Gasteiger partial charge < -0.3 is 9.88 Å². The first-order valence-electron chi connectivity index (χ1n) is 5.99. The maximum atomic E-state index is 12.0. The molecule has 4 heteroatoms. The molecular weight excluding hydrogens is 202 g/mol. The molecule has 0 bridgehead atoms. The van der Waals surface area contributed by atoms with Crippen LogP contribution in [0.1, 0.15) is 33.1 Å². The number of nitrogens with zero attached hydrogens (tertiary/aromatic N) is 2. The maximum Gasteiger partial charge on any atom is 0.293 e. The zero-order valence-corrected chi connectivity index (χ0v) is 9.94. The molecule has 1 aliphatic carbocycles. The number of nitrogens with one attached hydrogen (secondary N) is 1. The molecule has 0 spiro atoms. The van der Waals surface area contributed by atoms with Gasteiger partial charge in [0.25, 0.3) is 5.56 Å².